The molecule has 0 saturated carbocycles. The van der Waals surface area contributed by atoms with E-state index < -0.39 is 11.7 Å². The van der Waals surface area contributed by atoms with E-state index in [9.17, 15) is 10.5 Å². The van der Waals surface area contributed by atoms with Gasteiger partial charge >= 0.3 is 6.18 Å². The van der Waals surface area contributed by atoms with Crippen LogP contribution >= 0.6 is 0 Å². The van der Waals surface area contributed by atoms with Gasteiger partial charge < -0.3 is 14.5 Å². The Morgan fingerprint density at radius 3 is 2.19 bits per heavy atom. The van der Waals surface area contributed by atoms with Crippen LogP contribution in [-0.2, 0) is 12.6 Å². The zero-order valence-electron chi connectivity index (χ0n) is 33.8. The second kappa shape index (κ2) is 14.2. The quantitative estimate of drug-likeness (QED) is 0.189. The Labute approximate surface area is 352 Å². The van der Waals surface area contributed by atoms with Crippen LogP contribution in [0.25, 0.3) is 78.5 Å². The molecule has 0 radical (unpaired) electrons. The Hall–Kier alpha value is -8.16. The molecule has 13 heteroatoms. The minimum absolute atomic E-state index is 0.108. The van der Waals surface area contributed by atoms with Crippen molar-refractivity contribution in [2.24, 2.45) is 9.98 Å². The molecule has 8 aromatic rings. The highest BCUT2D eigenvalue weighted by molar-refractivity contribution is 6.11. The van der Waals surface area contributed by atoms with Gasteiger partial charge in [0.25, 0.3) is 0 Å². The molecule has 4 heterocycles. The molecular formula is C49H33F3N10. The first-order chi connectivity index (χ1) is 29.9. The van der Waals surface area contributed by atoms with Crippen molar-refractivity contribution in [1.82, 2.24) is 29.4 Å². The molecule has 3 aromatic heterocycles. The Morgan fingerprint density at radius 1 is 0.694 bits per heavy atom. The molecule has 62 heavy (non-hydrogen) atoms. The van der Waals surface area contributed by atoms with Gasteiger partial charge in [0.2, 0.25) is 0 Å². The van der Waals surface area contributed by atoms with E-state index in [1.807, 2.05) is 102 Å². The molecule has 2 aliphatic rings. The first-order valence-electron chi connectivity index (χ1n) is 19.8. The Balaban J connectivity index is 1.36. The standard InChI is InChI=1S/C49H33F3N10/c1-26-55-27(2)58-47(57-26)30-16-18-36-34-11-5-7-14-40(34)61(43(36)20-30)42-23-38(46-32(24-53)10-9-13-39(46)49(50,51)52)45(22-33(42)25-54)62-41-15-8-6-12-35(41)37-19-17-31(21-44(37)62)48-59-28(3)56-29(4)60-48/h5-10,12-23H,11H2,1-4H3,(H,55,57,58). The summed E-state index contributed by atoms with van der Waals surface area (Å²) in [6.45, 7) is 7.23. The SMILES string of the molecule is CC1=NC(=c2ccc3c4c(n(-c5cc(-c6c(C#N)cccc6C(F)(F)F)c(-n6c7ccccc7c7ccc(-c8nc(C)nc(C)n8)cc76)cc5C#N)c3c2)=CC=CC4)NC(C)=N1. The van der Waals surface area contributed by atoms with Gasteiger partial charge in [0.05, 0.1) is 56.0 Å². The molecule has 1 N–H and O–H groups in total. The third-order valence-electron chi connectivity index (χ3n) is 11.3. The molecule has 1 aliphatic heterocycles. The lowest BCUT2D eigenvalue weighted by atomic mass is 9.91. The highest BCUT2D eigenvalue weighted by Crippen LogP contribution is 2.45. The van der Waals surface area contributed by atoms with E-state index in [0.29, 0.717) is 63.7 Å². The smallest absolute Gasteiger partial charge is 0.328 e. The topological polar surface area (TPSA) is 133 Å². The van der Waals surface area contributed by atoms with E-state index in [-0.39, 0.29) is 27.9 Å². The highest BCUT2D eigenvalue weighted by atomic mass is 19.4. The molecule has 10 nitrogen and oxygen atoms in total. The average molecular weight is 819 g/mol. The maximum atomic E-state index is 15.3. The van der Waals surface area contributed by atoms with Gasteiger partial charge in [-0.15, -0.1) is 0 Å². The van der Waals surface area contributed by atoms with Crippen molar-refractivity contribution in [2.75, 3.05) is 0 Å². The molecule has 0 spiro atoms. The summed E-state index contributed by atoms with van der Waals surface area (Å²) in [5.74, 6) is 3.37. The monoisotopic (exact) mass is 818 g/mol. The van der Waals surface area contributed by atoms with Crippen LogP contribution in [0, 0.1) is 36.5 Å². The van der Waals surface area contributed by atoms with Crippen LogP contribution in [0.4, 0.5) is 13.2 Å². The third-order valence-corrected chi connectivity index (χ3v) is 11.3. The van der Waals surface area contributed by atoms with E-state index in [2.05, 4.69) is 42.4 Å². The number of aryl methyl sites for hydroxylation is 2. The first-order valence-corrected chi connectivity index (χ1v) is 19.8. The number of alkyl halides is 3. The van der Waals surface area contributed by atoms with Gasteiger partial charge in [-0.1, -0.05) is 60.7 Å². The number of aromatic nitrogens is 5. The number of aliphatic imine (C=N–C) groups is 2. The summed E-state index contributed by atoms with van der Waals surface area (Å²) in [7, 11) is 0. The molecule has 0 unspecified atom stereocenters. The number of nitrogens with one attached hydrogen (secondary N) is 1. The van der Waals surface area contributed by atoms with Crippen molar-refractivity contribution in [2.45, 2.75) is 40.3 Å². The molecule has 0 bridgehead atoms. The van der Waals surface area contributed by atoms with Crippen LogP contribution in [-0.4, -0.2) is 35.8 Å². The van der Waals surface area contributed by atoms with Gasteiger partial charge in [0, 0.05) is 38.1 Å². The van der Waals surface area contributed by atoms with E-state index in [1.54, 1.807) is 26.0 Å². The summed E-state index contributed by atoms with van der Waals surface area (Å²) >= 11 is 0. The molecule has 300 valence electrons. The van der Waals surface area contributed by atoms with E-state index >= 15 is 13.2 Å². The highest BCUT2D eigenvalue weighted by Gasteiger charge is 2.36. The molecule has 5 aromatic carbocycles. The molecular weight excluding hydrogens is 786 g/mol. The normalized spacial score (nSPS) is 14.5. The number of nitriles is 2. The second-order valence-electron chi connectivity index (χ2n) is 15.2. The first kappa shape index (κ1) is 38.1. The predicted octanol–water partition coefficient (Wildman–Crippen LogP) is 9.02. The van der Waals surface area contributed by atoms with Gasteiger partial charge in [0.1, 0.15) is 35.2 Å². The lowest BCUT2D eigenvalue weighted by Gasteiger charge is -2.22. The summed E-state index contributed by atoms with van der Waals surface area (Å²) in [5, 5.41) is 29.0. The molecule has 0 atom stereocenters. The Bertz CT molecular complexity index is 3570. The van der Waals surface area contributed by atoms with Crippen LogP contribution in [0.15, 0.2) is 113 Å². The second-order valence-corrected chi connectivity index (χ2v) is 15.2. The van der Waals surface area contributed by atoms with Crippen molar-refractivity contribution in [3.05, 3.63) is 148 Å². The summed E-state index contributed by atoms with van der Waals surface area (Å²) in [6, 6.07) is 30.7. The molecule has 0 saturated heterocycles. The summed E-state index contributed by atoms with van der Waals surface area (Å²) < 4.78 is 49.8. The number of benzene rings is 5. The fourth-order valence-corrected chi connectivity index (χ4v) is 8.83. The maximum Gasteiger partial charge on any atom is 0.417 e. The predicted molar refractivity (Wildman–Crippen MR) is 235 cm³/mol. The number of para-hydroxylation sites is 1. The van der Waals surface area contributed by atoms with E-state index in [4.69, 9.17) is 0 Å². The van der Waals surface area contributed by atoms with Crippen molar-refractivity contribution in [3.8, 4) is 46.0 Å². The fourth-order valence-electron chi connectivity index (χ4n) is 8.83. The van der Waals surface area contributed by atoms with E-state index in [0.717, 1.165) is 43.9 Å². The zero-order valence-corrected chi connectivity index (χ0v) is 33.8. The van der Waals surface area contributed by atoms with Crippen LogP contribution in [0.2, 0.25) is 0 Å². The van der Waals surface area contributed by atoms with Gasteiger partial charge in [-0.3, -0.25) is 0 Å². The minimum atomic E-state index is -4.84. The number of halogens is 3. The number of hydrogen-bond donors (Lipinski definition) is 1. The van der Waals surface area contributed by atoms with Crippen LogP contribution in [0.3, 0.4) is 0 Å². The van der Waals surface area contributed by atoms with Gasteiger partial charge in [-0.25, -0.2) is 24.9 Å². The minimum Gasteiger partial charge on any atom is -0.328 e. The van der Waals surface area contributed by atoms with Crippen molar-refractivity contribution in [1.29, 1.82) is 10.5 Å². The molecule has 10 rings (SSSR count). The summed E-state index contributed by atoms with van der Waals surface area (Å²) in [4.78, 5) is 22.6. The molecule has 0 fully saturated rings. The Morgan fingerprint density at radius 2 is 1.44 bits per heavy atom. The van der Waals surface area contributed by atoms with Gasteiger partial charge in [-0.05, 0) is 88.2 Å². The van der Waals surface area contributed by atoms with Crippen molar-refractivity contribution >= 4 is 56.3 Å². The number of rotatable bonds is 4. The largest absolute Gasteiger partial charge is 0.417 e. The van der Waals surface area contributed by atoms with Gasteiger partial charge in [0.15, 0.2) is 5.82 Å². The summed E-state index contributed by atoms with van der Waals surface area (Å²) in [5.41, 5.74) is 3.18. The van der Waals surface area contributed by atoms with E-state index in [1.165, 1.54) is 12.1 Å². The lowest BCUT2D eigenvalue weighted by molar-refractivity contribution is -0.137. The average Bonchev–Trinajstić information content (AvgIpc) is 3.76. The van der Waals surface area contributed by atoms with Gasteiger partial charge in [-0.2, -0.15) is 23.7 Å². The third kappa shape index (κ3) is 6.13. The fraction of sp³-hybridized carbons (Fsp3) is 0.122. The number of fused-ring (bicyclic) bond motifs is 6. The van der Waals surface area contributed by atoms with Crippen molar-refractivity contribution < 1.29 is 13.2 Å². The van der Waals surface area contributed by atoms with Crippen LogP contribution in [0.5, 0.6) is 0 Å². The number of nitrogens with zero attached hydrogens (tertiary/aromatic N) is 9. The number of amidine groups is 2. The Kier molecular flexibility index (Phi) is 8.75. The van der Waals surface area contributed by atoms with Crippen molar-refractivity contribution in [3.63, 3.8) is 0 Å². The number of allylic oxidation sites excluding steroid dienone is 2. The maximum absolute atomic E-state index is 15.3. The van der Waals surface area contributed by atoms with Crippen LogP contribution < -0.4 is 15.9 Å². The number of hydrogen-bond acceptors (Lipinski definition) is 8. The van der Waals surface area contributed by atoms with Crippen LogP contribution in [0.1, 0.15) is 47.8 Å². The molecule has 1 aliphatic carbocycles. The zero-order chi connectivity index (χ0) is 43.0. The summed E-state index contributed by atoms with van der Waals surface area (Å²) in [6.07, 6.45) is 1.68. The molecule has 0 amide bonds. The lowest BCUT2D eigenvalue weighted by Crippen LogP contribution is -2.28.